The van der Waals surface area contributed by atoms with Crippen molar-refractivity contribution in [1.82, 2.24) is 0 Å². The van der Waals surface area contributed by atoms with Gasteiger partial charge in [-0.15, -0.1) is 4.67 Å². The monoisotopic (exact) mass is 244 g/mol. The van der Waals surface area contributed by atoms with Crippen LogP contribution in [0.2, 0.25) is 0 Å². The highest BCUT2D eigenvalue weighted by Crippen LogP contribution is 2.56. The molecule has 0 amide bonds. The number of rotatable bonds is 8. The van der Waals surface area contributed by atoms with E-state index in [1.165, 1.54) is 0 Å². The van der Waals surface area contributed by atoms with E-state index in [1.807, 2.05) is 20.8 Å². The van der Waals surface area contributed by atoms with E-state index in [0.29, 0.717) is 19.4 Å². The summed E-state index contributed by atoms with van der Waals surface area (Å²) in [6, 6.07) is 0. The molecule has 0 aromatic rings. The lowest BCUT2D eigenvalue weighted by Crippen LogP contribution is -2.09. The molecule has 0 fully saturated rings. The molecule has 0 saturated carbocycles. The lowest BCUT2D eigenvalue weighted by atomic mass is 10.3. The zero-order chi connectivity index (χ0) is 11.0. The van der Waals surface area contributed by atoms with E-state index in [4.69, 9.17) is 21.4 Å². The van der Waals surface area contributed by atoms with Gasteiger partial charge in [-0.25, -0.2) is 4.89 Å². The summed E-state index contributed by atoms with van der Waals surface area (Å²) in [6.07, 6.45) is 2.14. The van der Waals surface area contributed by atoms with E-state index >= 15 is 0 Å². The van der Waals surface area contributed by atoms with Gasteiger partial charge in [0.1, 0.15) is 0 Å². The van der Waals surface area contributed by atoms with E-state index in [2.05, 4.69) is 4.08 Å². The van der Waals surface area contributed by atoms with Gasteiger partial charge in [-0.3, -0.25) is 4.57 Å². The third-order valence-corrected chi connectivity index (χ3v) is 4.64. The van der Waals surface area contributed by atoms with Crippen molar-refractivity contribution in [2.24, 2.45) is 0 Å². The van der Waals surface area contributed by atoms with E-state index in [-0.39, 0.29) is 5.66 Å². The molecule has 0 aromatic carbocycles. The van der Waals surface area contributed by atoms with E-state index in [0.717, 1.165) is 6.42 Å². The fraction of sp³-hybridized carbons (Fsp3) is 1.00. The molecule has 86 valence electrons. The van der Waals surface area contributed by atoms with Gasteiger partial charge in [0.25, 0.3) is 0 Å². The molecule has 0 heterocycles. The smallest absolute Gasteiger partial charge is 0.256 e. The molecule has 0 aliphatic heterocycles. The molecule has 4 nitrogen and oxygen atoms in total. The lowest BCUT2D eigenvalue weighted by molar-refractivity contribution is -0.212. The maximum Gasteiger partial charge on any atom is 0.376 e. The predicted octanol–water partition coefficient (Wildman–Crippen LogP) is 3.90. The molecule has 0 saturated heterocycles. The Kier molecular flexibility index (Phi) is 7.88. The quantitative estimate of drug-likeness (QED) is 0.281. The minimum Gasteiger partial charge on any atom is -0.256 e. The predicted molar refractivity (Wildman–Crippen MR) is 56.2 cm³/mol. The highest BCUT2D eigenvalue weighted by atomic mass is 35.5. The average molecular weight is 245 g/mol. The SMILES string of the molecule is CCCOOP(=O)(OCl)C(CC)CC. The molecule has 0 rings (SSSR count). The molecule has 0 spiro atoms. The summed E-state index contributed by atoms with van der Waals surface area (Å²) in [6.45, 7) is 6.11. The van der Waals surface area contributed by atoms with Crippen molar-refractivity contribution in [3.8, 4) is 0 Å². The van der Waals surface area contributed by atoms with E-state index in [1.54, 1.807) is 0 Å². The van der Waals surface area contributed by atoms with Crippen LogP contribution < -0.4 is 0 Å². The van der Waals surface area contributed by atoms with Crippen LogP contribution in [0.1, 0.15) is 40.0 Å². The molecule has 0 aromatic heterocycles. The van der Waals surface area contributed by atoms with Gasteiger partial charge in [-0.1, -0.05) is 20.8 Å². The molecule has 14 heavy (non-hydrogen) atoms. The molecule has 1 atom stereocenters. The van der Waals surface area contributed by atoms with Gasteiger partial charge >= 0.3 is 7.60 Å². The van der Waals surface area contributed by atoms with Crippen molar-refractivity contribution in [3.05, 3.63) is 0 Å². The van der Waals surface area contributed by atoms with Crippen molar-refractivity contribution in [2.75, 3.05) is 6.61 Å². The van der Waals surface area contributed by atoms with Gasteiger partial charge in [0.2, 0.25) is 0 Å². The Labute approximate surface area is 90.5 Å². The standard InChI is InChI=1S/C8H18ClO4P/c1-4-7-11-13-14(10,12-9)8(5-2)6-3/h8H,4-7H2,1-3H3. The Hall–Kier alpha value is 0.400. The summed E-state index contributed by atoms with van der Waals surface area (Å²) in [4.78, 5) is 4.75. The molecular weight excluding hydrogens is 227 g/mol. The molecular formula is C8H18ClO4P. The number of halogens is 1. The van der Waals surface area contributed by atoms with Gasteiger partial charge < -0.3 is 0 Å². The summed E-state index contributed by atoms with van der Waals surface area (Å²) in [5, 5.41) is 0. The van der Waals surface area contributed by atoms with Crippen molar-refractivity contribution in [3.63, 3.8) is 0 Å². The van der Waals surface area contributed by atoms with Crippen LogP contribution in [0.5, 0.6) is 0 Å². The fourth-order valence-electron chi connectivity index (χ4n) is 1.06. The largest absolute Gasteiger partial charge is 0.376 e. The summed E-state index contributed by atoms with van der Waals surface area (Å²) in [5.74, 6) is 0. The van der Waals surface area contributed by atoms with Crippen LogP contribution in [-0.2, 0) is 18.2 Å². The van der Waals surface area contributed by atoms with Gasteiger partial charge in [0, 0.05) is 0 Å². The van der Waals surface area contributed by atoms with Crippen LogP contribution in [-0.4, -0.2) is 12.3 Å². The van der Waals surface area contributed by atoms with Crippen LogP contribution in [0.25, 0.3) is 0 Å². The Bertz CT molecular complexity index is 184. The zero-order valence-electron chi connectivity index (χ0n) is 8.86. The Balaban J connectivity index is 4.22. The first-order valence-corrected chi connectivity index (χ1v) is 6.77. The summed E-state index contributed by atoms with van der Waals surface area (Å²) < 4.78 is 21.1. The Morgan fingerprint density at radius 2 is 1.86 bits per heavy atom. The highest BCUT2D eigenvalue weighted by molar-refractivity contribution is 7.55. The molecule has 0 radical (unpaired) electrons. The fourth-order valence-corrected chi connectivity index (χ4v) is 2.84. The second kappa shape index (κ2) is 7.66. The topological polar surface area (TPSA) is 44.8 Å². The molecule has 1 unspecified atom stereocenters. The summed E-state index contributed by atoms with van der Waals surface area (Å²) >= 11 is 5.17. The lowest BCUT2D eigenvalue weighted by Gasteiger charge is -2.20. The summed E-state index contributed by atoms with van der Waals surface area (Å²) in [5.41, 5.74) is -0.211. The second-order valence-electron chi connectivity index (χ2n) is 2.98. The minimum atomic E-state index is -3.30. The van der Waals surface area contributed by atoms with Crippen LogP contribution in [0, 0.1) is 0 Å². The van der Waals surface area contributed by atoms with Crippen molar-refractivity contribution >= 4 is 19.5 Å². The van der Waals surface area contributed by atoms with Crippen LogP contribution in [0.4, 0.5) is 0 Å². The Morgan fingerprint density at radius 3 is 2.21 bits per heavy atom. The van der Waals surface area contributed by atoms with E-state index in [9.17, 15) is 4.57 Å². The van der Waals surface area contributed by atoms with Gasteiger partial charge in [-0.05, 0) is 19.3 Å². The van der Waals surface area contributed by atoms with Crippen molar-refractivity contribution < 1.29 is 18.2 Å². The molecule has 0 bridgehead atoms. The van der Waals surface area contributed by atoms with Gasteiger partial charge in [0.05, 0.1) is 24.1 Å². The average Bonchev–Trinajstić information content (AvgIpc) is 2.20. The van der Waals surface area contributed by atoms with Crippen molar-refractivity contribution in [1.29, 1.82) is 0 Å². The zero-order valence-corrected chi connectivity index (χ0v) is 10.5. The highest BCUT2D eigenvalue weighted by Gasteiger charge is 2.35. The first-order chi connectivity index (χ1) is 6.64. The second-order valence-corrected chi connectivity index (χ2v) is 5.49. The van der Waals surface area contributed by atoms with Crippen LogP contribution in [0.3, 0.4) is 0 Å². The van der Waals surface area contributed by atoms with Crippen molar-refractivity contribution in [2.45, 2.75) is 45.7 Å². The summed E-state index contributed by atoms with van der Waals surface area (Å²) in [7, 11) is -3.30. The molecule has 0 aliphatic carbocycles. The number of hydrogen-bond acceptors (Lipinski definition) is 4. The number of hydrogen-bond donors (Lipinski definition) is 0. The molecule has 6 heteroatoms. The first-order valence-electron chi connectivity index (χ1n) is 4.85. The third kappa shape index (κ3) is 4.28. The minimum absolute atomic E-state index is 0.211. The molecule has 0 aliphatic rings. The maximum atomic E-state index is 11.9. The third-order valence-electron chi connectivity index (χ3n) is 1.93. The van der Waals surface area contributed by atoms with Crippen LogP contribution >= 0.6 is 19.5 Å². The molecule has 0 N–H and O–H groups in total. The van der Waals surface area contributed by atoms with E-state index < -0.39 is 7.60 Å². The van der Waals surface area contributed by atoms with Crippen LogP contribution in [0.15, 0.2) is 0 Å². The Morgan fingerprint density at radius 1 is 1.29 bits per heavy atom. The van der Waals surface area contributed by atoms with Gasteiger partial charge in [0.15, 0.2) is 0 Å². The van der Waals surface area contributed by atoms with Gasteiger partial charge in [-0.2, -0.15) is 4.08 Å². The normalized spacial score (nSPS) is 15.8. The first kappa shape index (κ1) is 14.4. The maximum absolute atomic E-state index is 11.9.